The smallest absolute Gasteiger partial charge is 0.123 e. The Bertz CT molecular complexity index is 557. The third-order valence-corrected chi connectivity index (χ3v) is 4.11. The van der Waals surface area contributed by atoms with Crippen LogP contribution in [0.25, 0.3) is 0 Å². The maximum absolute atomic E-state index is 7.53. The van der Waals surface area contributed by atoms with Gasteiger partial charge in [0.2, 0.25) is 0 Å². The van der Waals surface area contributed by atoms with Crippen molar-refractivity contribution in [2.45, 2.75) is 9.92 Å². The summed E-state index contributed by atoms with van der Waals surface area (Å²) in [7, 11) is 0. The molecule has 0 aliphatic heterocycles. The summed E-state index contributed by atoms with van der Waals surface area (Å²) in [6.45, 7) is 0. The van der Waals surface area contributed by atoms with Crippen LogP contribution in [-0.4, -0.2) is 10.8 Å². The molecule has 0 atom stereocenters. The SMILES string of the molecule is N=C(N)c1ccccc1Sc1ncccc1Br. The second-order valence-electron chi connectivity index (χ2n) is 3.30. The molecule has 2 aromatic rings. The zero-order chi connectivity index (χ0) is 12.3. The molecule has 0 aliphatic rings. The molecule has 1 aromatic carbocycles. The number of halogens is 1. The predicted octanol–water partition coefficient (Wildman–Crippen LogP) is 3.28. The Hall–Kier alpha value is -1.33. The molecule has 17 heavy (non-hydrogen) atoms. The van der Waals surface area contributed by atoms with E-state index < -0.39 is 0 Å². The lowest BCUT2D eigenvalue weighted by atomic mass is 10.2. The van der Waals surface area contributed by atoms with Gasteiger partial charge in [0.25, 0.3) is 0 Å². The van der Waals surface area contributed by atoms with Crippen molar-refractivity contribution >= 4 is 33.5 Å². The number of benzene rings is 1. The lowest BCUT2D eigenvalue weighted by Gasteiger charge is -2.07. The van der Waals surface area contributed by atoms with Crippen molar-refractivity contribution in [2.24, 2.45) is 5.73 Å². The molecule has 0 bridgehead atoms. The van der Waals surface area contributed by atoms with E-state index in [1.54, 1.807) is 6.20 Å². The molecule has 0 saturated carbocycles. The van der Waals surface area contributed by atoms with Gasteiger partial charge in [0.05, 0.1) is 4.47 Å². The maximum atomic E-state index is 7.53. The van der Waals surface area contributed by atoms with Gasteiger partial charge >= 0.3 is 0 Å². The first-order chi connectivity index (χ1) is 8.18. The first kappa shape index (κ1) is 12.1. The zero-order valence-electron chi connectivity index (χ0n) is 8.85. The third-order valence-electron chi connectivity index (χ3n) is 2.11. The molecule has 0 radical (unpaired) electrons. The number of nitrogens with one attached hydrogen (secondary N) is 1. The van der Waals surface area contributed by atoms with Crippen molar-refractivity contribution in [3.8, 4) is 0 Å². The summed E-state index contributed by atoms with van der Waals surface area (Å²) in [5.41, 5.74) is 6.28. The second kappa shape index (κ2) is 5.33. The number of nitrogens with two attached hydrogens (primary N) is 1. The van der Waals surface area contributed by atoms with E-state index in [2.05, 4.69) is 20.9 Å². The number of rotatable bonds is 3. The van der Waals surface area contributed by atoms with E-state index in [0.717, 1.165) is 20.0 Å². The van der Waals surface area contributed by atoms with Gasteiger partial charge in [-0.25, -0.2) is 4.98 Å². The molecule has 0 fully saturated rings. The summed E-state index contributed by atoms with van der Waals surface area (Å²) < 4.78 is 0.934. The minimum Gasteiger partial charge on any atom is -0.384 e. The summed E-state index contributed by atoms with van der Waals surface area (Å²) in [5, 5.41) is 8.39. The third kappa shape index (κ3) is 2.87. The van der Waals surface area contributed by atoms with E-state index in [4.69, 9.17) is 11.1 Å². The van der Waals surface area contributed by atoms with Crippen molar-refractivity contribution in [3.63, 3.8) is 0 Å². The number of hydrogen-bond acceptors (Lipinski definition) is 3. The standard InChI is InChI=1S/C12H10BrN3S/c13-9-5-3-7-16-12(9)17-10-6-2-1-4-8(10)11(14)15/h1-7H,(H3,14,15). The molecule has 3 N–H and O–H groups in total. The Labute approximate surface area is 112 Å². The Balaban J connectivity index is 2.37. The van der Waals surface area contributed by atoms with Gasteiger partial charge in [0, 0.05) is 16.7 Å². The number of pyridine rings is 1. The van der Waals surface area contributed by atoms with Gasteiger partial charge in [-0.1, -0.05) is 30.0 Å². The van der Waals surface area contributed by atoms with Gasteiger partial charge in [-0.15, -0.1) is 0 Å². The van der Waals surface area contributed by atoms with Crippen molar-refractivity contribution in [1.82, 2.24) is 4.98 Å². The lowest BCUT2D eigenvalue weighted by molar-refractivity contribution is 1.11. The van der Waals surface area contributed by atoms with Crippen LogP contribution in [0.15, 0.2) is 57.0 Å². The molecule has 0 aliphatic carbocycles. The van der Waals surface area contributed by atoms with E-state index in [9.17, 15) is 0 Å². The summed E-state index contributed by atoms with van der Waals surface area (Å²) in [6.07, 6.45) is 1.74. The van der Waals surface area contributed by atoms with Crippen LogP contribution in [0.4, 0.5) is 0 Å². The first-order valence-corrected chi connectivity index (χ1v) is 6.51. The van der Waals surface area contributed by atoms with Gasteiger partial charge in [-0.05, 0) is 34.1 Å². The molecular formula is C12H10BrN3S. The number of aromatic nitrogens is 1. The fourth-order valence-corrected chi connectivity index (χ4v) is 2.75. The van der Waals surface area contributed by atoms with Crippen LogP contribution in [0.3, 0.4) is 0 Å². The normalized spacial score (nSPS) is 10.2. The largest absolute Gasteiger partial charge is 0.384 e. The van der Waals surface area contributed by atoms with Crippen molar-refractivity contribution in [2.75, 3.05) is 0 Å². The molecule has 0 spiro atoms. The highest BCUT2D eigenvalue weighted by Crippen LogP contribution is 2.33. The first-order valence-electron chi connectivity index (χ1n) is 4.90. The highest BCUT2D eigenvalue weighted by molar-refractivity contribution is 9.10. The highest BCUT2D eigenvalue weighted by Gasteiger charge is 2.08. The van der Waals surface area contributed by atoms with Gasteiger partial charge < -0.3 is 5.73 Å². The van der Waals surface area contributed by atoms with Gasteiger partial charge in [-0.2, -0.15) is 0 Å². The molecule has 3 nitrogen and oxygen atoms in total. The number of nitrogens with zero attached hydrogens (tertiary/aromatic N) is 1. The van der Waals surface area contributed by atoms with Crippen LogP contribution in [0.1, 0.15) is 5.56 Å². The van der Waals surface area contributed by atoms with Crippen molar-refractivity contribution in [1.29, 1.82) is 5.41 Å². The van der Waals surface area contributed by atoms with Crippen LogP contribution < -0.4 is 5.73 Å². The van der Waals surface area contributed by atoms with Crippen LogP contribution >= 0.6 is 27.7 Å². The molecule has 1 aromatic heterocycles. The van der Waals surface area contributed by atoms with E-state index in [1.165, 1.54) is 11.8 Å². The molecule has 1 heterocycles. The predicted molar refractivity (Wildman–Crippen MR) is 73.5 cm³/mol. The number of amidine groups is 1. The average molecular weight is 308 g/mol. The molecule has 0 saturated heterocycles. The topological polar surface area (TPSA) is 62.8 Å². The second-order valence-corrected chi connectivity index (χ2v) is 5.19. The Kier molecular flexibility index (Phi) is 3.81. The van der Waals surface area contributed by atoms with Crippen molar-refractivity contribution in [3.05, 3.63) is 52.6 Å². The Morgan fingerprint density at radius 3 is 2.71 bits per heavy atom. The monoisotopic (exact) mass is 307 g/mol. The fourth-order valence-electron chi connectivity index (χ4n) is 1.33. The molecule has 0 amide bonds. The molecule has 0 unspecified atom stereocenters. The summed E-state index contributed by atoms with van der Waals surface area (Å²) >= 11 is 4.94. The number of hydrogen-bond donors (Lipinski definition) is 2. The zero-order valence-corrected chi connectivity index (χ0v) is 11.3. The molecule has 5 heteroatoms. The molecular weight excluding hydrogens is 298 g/mol. The van der Waals surface area contributed by atoms with Gasteiger partial charge in [-0.3, -0.25) is 5.41 Å². The molecule has 86 valence electrons. The van der Waals surface area contributed by atoms with Gasteiger partial charge in [0.15, 0.2) is 0 Å². The maximum Gasteiger partial charge on any atom is 0.123 e. The number of nitrogen functional groups attached to an aromatic ring is 1. The Morgan fingerprint density at radius 1 is 1.24 bits per heavy atom. The van der Waals surface area contributed by atoms with Crippen LogP contribution in [0, 0.1) is 5.41 Å². The van der Waals surface area contributed by atoms with Crippen molar-refractivity contribution < 1.29 is 0 Å². The van der Waals surface area contributed by atoms with E-state index in [1.807, 2.05) is 36.4 Å². The lowest BCUT2D eigenvalue weighted by Crippen LogP contribution is -2.12. The van der Waals surface area contributed by atoms with E-state index >= 15 is 0 Å². The fraction of sp³-hybridized carbons (Fsp3) is 0. The summed E-state index contributed by atoms with van der Waals surface area (Å²) in [6, 6.07) is 11.4. The highest BCUT2D eigenvalue weighted by atomic mass is 79.9. The average Bonchev–Trinajstić information content (AvgIpc) is 2.32. The van der Waals surface area contributed by atoms with E-state index in [-0.39, 0.29) is 5.84 Å². The Morgan fingerprint density at radius 2 is 2.00 bits per heavy atom. The van der Waals surface area contributed by atoms with E-state index in [0.29, 0.717) is 0 Å². The van der Waals surface area contributed by atoms with Crippen LogP contribution in [0.2, 0.25) is 0 Å². The summed E-state index contributed by atoms with van der Waals surface area (Å²) in [5.74, 6) is 0.0696. The van der Waals surface area contributed by atoms with Gasteiger partial charge in [0.1, 0.15) is 10.9 Å². The summed E-state index contributed by atoms with van der Waals surface area (Å²) in [4.78, 5) is 5.21. The van der Waals surface area contributed by atoms with Crippen LogP contribution in [-0.2, 0) is 0 Å². The minimum atomic E-state index is 0.0696. The van der Waals surface area contributed by atoms with Crippen LogP contribution in [0.5, 0.6) is 0 Å². The molecule has 2 rings (SSSR count). The minimum absolute atomic E-state index is 0.0696. The quantitative estimate of drug-likeness (QED) is 0.675.